The van der Waals surface area contributed by atoms with E-state index in [0.717, 1.165) is 0 Å². The highest BCUT2D eigenvalue weighted by molar-refractivity contribution is 5.89. The van der Waals surface area contributed by atoms with Crippen molar-refractivity contribution < 1.29 is 14.7 Å². The maximum atomic E-state index is 10.2. The first-order chi connectivity index (χ1) is 7.20. The molecule has 2 rings (SSSR count). The number of carbonyl (C=O) groups is 2. The number of hydrogen-bond donors (Lipinski definition) is 1. The third kappa shape index (κ3) is 3.90. The zero-order valence-corrected chi connectivity index (χ0v) is 7.57. The lowest BCUT2D eigenvalue weighted by Gasteiger charge is -1.87. The summed E-state index contributed by atoms with van der Waals surface area (Å²) < 4.78 is 0. The van der Waals surface area contributed by atoms with Crippen LogP contribution in [0.5, 0.6) is 0 Å². The molecule has 0 radical (unpaired) electrons. The van der Waals surface area contributed by atoms with E-state index >= 15 is 0 Å². The van der Waals surface area contributed by atoms with Crippen molar-refractivity contribution in [2.24, 2.45) is 10.2 Å². The molecule has 1 N–H and O–H groups in total. The van der Waals surface area contributed by atoms with Crippen molar-refractivity contribution in [3.05, 3.63) is 42.4 Å². The van der Waals surface area contributed by atoms with E-state index < -0.39 is 5.97 Å². The number of carboxylic acid groups (broad SMARTS) is 1. The minimum Gasteiger partial charge on any atom is -0.478 e. The predicted molar refractivity (Wildman–Crippen MR) is 50.2 cm³/mol. The Kier molecular flexibility index (Phi) is 3.84. The zero-order valence-electron chi connectivity index (χ0n) is 7.57. The van der Waals surface area contributed by atoms with Gasteiger partial charge in [0.25, 0.3) is 5.91 Å². The first-order valence-electron chi connectivity index (χ1n) is 3.95. The molecular weight excluding hydrogens is 198 g/mol. The van der Waals surface area contributed by atoms with Crippen molar-refractivity contribution in [3.63, 3.8) is 0 Å². The maximum absolute atomic E-state index is 10.2. The van der Waals surface area contributed by atoms with Crippen LogP contribution in [-0.4, -0.2) is 22.0 Å². The van der Waals surface area contributed by atoms with Crippen molar-refractivity contribution in [3.8, 4) is 0 Å². The Morgan fingerprint density at radius 1 is 1.27 bits per heavy atom. The summed E-state index contributed by atoms with van der Waals surface area (Å²) in [5, 5.41) is 14.7. The topological polar surface area (TPSA) is 92.0 Å². The van der Waals surface area contributed by atoms with Gasteiger partial charge in [0.1, 0.15) is 0 Å². The number of hydrogen-bond acceptors (Lipinski definition) is 4. The van der Waals surface area contributed by atoms with Crippen LogP contribution in [-0.2, 0) is 4.79 Å². The number of azo groups is 1. The summed E-state index contributed by atoms with van der Waals surface area (Å²) in [6.07, 6.45) is 5.56. The van der Waals surface area contributed by atoms with Crippen LogP contribution < -0.4 is 0 Å². The Morgan fingerprint density at radius 3 is 2.20 bits per heavy atom. The number of rotatable bonds is 1. The minimum atomic E-state index is -0.919. The third-order valence-corrected chi connectivity index (χ3v) is 1.37. The third-order valence-electron chi connectivity index (χ3n) is 1.37. The standard InChI is InChI=1S/C6H5NO2.C3H2N2O/c8-6(9)5-1-3-7-4-2-5;6-3-1-2-4-5-3/h1-4H,(H,8,9);1-2H. The number of carboxylic acids is 1. The van der Waals surface area contributed by atoms with Crippen molar-refractivity contribution in [2.45, 2.75) is 0 Å². The molecule has 1 aromatic heterocycles. The van der Waals surface area contributed by atoms with Gasteiger partial charge in [0.2, 0.25) is 0 Å². The second kappa shape index (κ2) is 5.38. The Morgan fingerprint density at radius 2 is 1.93 bits per heavy atom. The number of aromatic carboxylic acids is 1. The number of pyridine rings is 1. The molecule has 2 heterocycles. The number of aromatic nitrogens is 1. The number of carbonyl (C=O) groups excluding carboxylic acids is 1. The van der Waals surface area contributed by atoms with Gasteiger partial charge in [-0.05, 0) is 12.1 Å². The molecule has 0 aromatic carbocycles. The Bertz CT molecular complexity index is 398. The van der Waals surface area contributed by atoms with Gasteiger partial charge in [-0.25, -0.2) is 4.79 Å². The quantitative estimate of drug-likeness (QED) is 0.747. The van der Waals surface area contributed by atoms with E-state index in [4.69, 9.17) is 5.11 Å². The van der Waals surface area contributed by atoms with Crippen LogP contribution in [0.25, 0.3) is 0 Å². The van der Waals surface area contributed by atoms with Gasteiger partial charge in [-0.1, -0.05) is 0 Å². The van der Waals surface area contributed by atoms with E-state index in [1.807, 2.05) is 0 Å². The highest BCUT2D eigenvalue weighted by Crippen LogP contribution is 1.93. The minimum absolute atomic E-state index is 0.269. The molecule has 1 amide bonds. The molecule has 0 spiro atoms. The van der Waals surface area contributed by atoms with E-state index in [2.05, 4.69) is 15.2 Å². The van der Waals surface area contributed by atoms with Crippen LogP contribution in [0, 0.1) is 0 Å². The summed E-state index contributed by atoms with van der Waals surface area (Å²) in [5.74, 6) is -1.19. The fourth-order valence-electron chi connectivity index (χ4n) is 0.715. The van der Waals surface area contributed by atoms with E-state index in [9.17, 15) is 9.59 Å². The van der Waals surface area contributed by atoms with Gasteiger partial charge < -0.3 is 5.11 Å². The van der Waals surface area contributed by atoms with Crippen LogP contribution >= 0.6 is 0 Å². The van der Waals surface area contributed by atoms with Gasteiger partial charge in [-0.3, -0.25) is 9.78 Å². The summed E-state index contributed by atoms with van der Waals surface area (Å²) in [6.45, 7) is 0. The van der Waals surface area contributed by atoms with E-state index in [0.29, 0.717) is 0 Å². The molecule has 0 atom stereocenters. The maximum Gasteiger partial charge on any atom is 0.335 e. The van der Waals surface area contributed by atoms with Gasteiger partial charge in [0, 0.05) is 18.5 Å². The van der Waals surface area contributed by atoms with Crippen molar-refractivity contribution in [2.75, 3.05) is 0 Å². The van der Waals surface area contributed by atoms with Crippen molar-refractivity contribution in [1.82, 2.24) is 4.98 Å². The Labute approximate surface area is 85.0 Å². The second-order valence-corrected chi connectivity index (χ2v) is 2.41. The summed E-state index contributed by atoms with van der Waals surface area (Å²) in [4.78, 5) is 23.7. The molecular formula is C9H7N3O3. The van der Waals surface area contributed by atoms with Crippen LogP contribution in [0.4, 0.5) is 0 Å². The van der Waals surface area contributed by atoms with Gasteiger partial charge in [0.05, 0.1) is 11.8 Å². The van der Waals surface area contributed by atoms with Gasteiger partial charge in [-0.2, -0.15) is 5.11 Å². The highest BCUT2D eigenvalue weighted by Gasteiger charge is 1.97. The lowest BCUT2D eigenvalue weighted by Crippen LogP contribution is -1.94. The van der Waals surface area contributed by atoms with E-state index in [1.54, 1.807) is 0 Å². The van der Waals surface area contributed by atoms with Gasteiger partial charge in [0.15, 0.2) is 0 Å². The smallest absolute Gasteiger partial charge is 0.335 e. The molecule has 6 heteroatoms. The highest BCUT2D eigenvalue weighted by atomic mass is 16.4. The molecule has 76 valence electrons. The summed E-state index contributed by atoms with van der Waals surface area (Å²) in [6, 6.07) is 2.89. The van der Waals surface area contributed by atoms with Crippen LogP contribution in [0.1, 0.15) is 10.4 Å². The second-order valence-electron chi connectivity index (χ2n) is 2.41. The normalized spacial score (nSPS) is 12.1. The van der Waals surface area contributed by atoms with E-state index in [1.165, 1.54) is 36.8 Å². The van der Waals surface area contributed by atoms with Crippen molar-refractivity contribution >= 4 is 11.9 Å². The summed E-state index contributed by atoms with van der Waals surface area (Å²) in [7, 11) is 0. The Hall–Kier alpha value is -2.37. The fraction of sp³-hybridized carbons (Fsp3) is 0. The largest absolute Gasteiger partial charge is 0.478 e. The van der Waals surface area contributed by atoms with Crippen LogP contribution in [0.3, 0.4) is 0 Å². The molecule has 1 aromatic rings. The first-order valence-corrected chi connectivity index (χ1v) is 3.95. The molecule has 1 aliphatic rings. The van der Waals surface area contributed by atoms with Crippen LogP contribution in [0.2, 0.25) is 0 Å². The fourth-order valence-corrected chi connectivity index (χ4v) is 0.715. The van der Waals surface area contributed by atoms with E-state index in [-0.39, 0.29) is 11.5 Å². The molecule has 15 heavy (non-hydrogen) atoms. The van der Waals surface area contributed by atoms with Gasteiger partial charge in [-0.15, -0.1) is 5.11 Å². The average Bonchev–Trinajstić information content (AvgIpc) is 2.71. The molecule has 0 unspecified atom stereocenters. The molecule has 0 fully saturated rings. The molecule has 0 saturated heterocycles. The number of amides is 1. The molecule has 0 aliphatic carbocycles. The monoisotopic (exact) mass is 205 g/mol. The predicted octanol–water partition coefficient (Wildman–Crippen LogP) is 1.27. The number of nitrogens with zero attached hydrogens (tertiary/aromatic N) is 3. The molecule has 0 bridgehead atoms. The molecule has 1 aliphatic heterocycles. The van der Waals surface area contributed by atoms with Crippen LogP contribution in [0.15, 0.2) is 47.0 Å². The first kappa shape index (κ1) is 10.7. The van der Waals surface area contributed by atoms with Gasteiger partial charge >= 0.3 is 5.97 Å². The Balaban J connectivity index is 0.000000162. The molecule has 0 saturated carbocycles. The lowest BCUT2D eigenvalue weighted by molar-refractivity contribution is -0.113. The molecule has 6 nitrogen and oxygen atoms in total. The zero-order chi connectivity index (χ0) is 11.1. The average molecular weight is 205 g/mol. The summed E-state index contributed by atoms with van der Waals surface area (Å²) in [5.41, 5.74) is 0.269. The SMILES string of the molecule is O=C(O)c1ccncc1.O=C1C=CN=N1. The summed E-state index contributed by atoms with van der Waals surface area (Å²) >= 11 is 0. The lowest BCUT2D eigenvalue weighted by atomic mass is 10.3. The van der Waals surface area contributed by atoms with Crippen molar-refractivity contribution in [1.29, 1.82) is 0 Å².